The Hall–Kier alpha value is -3.22. The van der Waals surface area contributed by atoms with Crippen LogP contribution in [-0.2, 0) is 29.1 Å². The number of nitrogens with zero attached hydrogens (tertiary/aromatic N) is 4. The van der Waals surface area contributed by atoms with Crippen molar-refractivity contribution in [3.05, 3.63) is 94.8 Å². The van der Waals surface area contributed by atoms with Gasteiger partial charge in [0.05, 0.1) is 0 Å². The van der Waals surface area contributed by atoms with E-state index in [1.165, 1.54) is 5.56 Å². The minimum Gasteiger partial charge on any atom is -0.338 e. The number of aryl methyl sites for hydroxylation is 1. The molecule has 0 atom stereocenters. The normalized spacial score (nSPS) is 15.4. The van der Waals surface area contributed by atoms with E-state index in [-0.39, 0.29) is 11.8 Å². The fourth-order valence-electron chi connectivity index (χ4n) is 4.87. The number of anilines is 1. The first-order valence-corrected chi connectivity index (χ1v) is 13.4. The van der Waals surface area contributed by atoms with Gasteiger partial charge < -0.3 is 9.80 Å². The molecule has 1 aromatic heterocycles. The van der Waals surface area contributed by atoms with Crippen molar-refractivity contribution in [2.75, 3.05) is 31.1 Å². The number of carbonyl (C=O) groups is 2. The van der Waals surface area contributed by atoms with Crippen molar-refractivity contribution in [2.24, 2.45) is 0 Å². The van der Waals surface area contributed by atoms with Gasteiger partial charge in [-0.2, -0.15) is 0 Å². The summed E-state index contributed by atoms with van der Waals surface area (Å²) >= 11 is 6.02. The first-order chi connectivity index (χ1) is 18.0. The average molecular weight is 519 g/mol. The molecule has 0 spiro atoms. The maximum Gasteiger partial charge on any atom is 0.223 e. The van der Waals surface area contributed by atoms with E-state index in [9.17, 15) is 9.59 Å². The second-order valence-corrected chi connectivity index (χ2v) is 10.0. The molecule has 1 aliphatic heterocycles. The van der Waals surface area contributed by atoms with E-state index in [2.05, 4.69) is 16.0 Å². The Labute approximate surface area is 224 Å². The summed E-state index contributed by atoms with van der Waals surface area (Å²) in [5.74, 6) is 0.138. The quantitative estimate of drug-likeness (QED) is 0.457. The second-order valence-electron chi connectivity index (χ2n) is 9.59. The van der Waals surface area contributed by atoms with E-state index < -0.39 is 0 Å². The van der Waals surface area contributed by atoms with E-state index in [1.807, 2.05) is 70.6 Å². The Kier molecular flexibility index (Phi) is 9.69. The van der Waals surface area contributed by atoms with Crippen molar-refractivity contribution in [1.82, 2.24) is 14.8 Å². The number of hydrogen-bond donors (Lipinski definition) is 0. The summed E-state index contributed by atoms with van der Waals surface area (Å²) in [6, 6.07) is 19.7. The molecule has 0 saturated heterocycles. The zero-order chi connectivity index (χ0) is 26.0. The van der Waals surface area contributed by atoms with E-state index in [0.717, 1.165) is 49.3 Å². The van der Waals surface area contributed by atoms with Gasteiger partial charge in [0.1, 0.15) is 0 Å². The van der Waals surface area contributed by atoms with E-state index in [4.69, 9.17) is 11.6 Å². The van der Waals surface area contributed by atoms with Crippen LogP contribution in [0.1, 0.15) is 42.9 Å². The molecule has 0 bridgehead atoms. The third kappa shape index (κ3) is 7.88. The summed E-state index contributed by atoms with van der Waals surface area (Å²) in [4.78, 5) is 36.6. The molecule has 3 aromatic rings. The van der Waals surface area contributed by atoms with Crippen LogP contribution in [0.4, 0.5) is 5.69 Å². The Morgan fingerprint density at radius 1 is 0.892 bits per heavy atom. The van der Waals surface area contributed by atoms with Gasteiger partial charge in [-0.1, -0.05) is 48.0 Å². The van der Waals surface area contributed by atoms with E-state index >= 15 is 0 Å². The molecule has 194 valence electrons. The van der Waals surface area contributed by atoms with Crippen molar-refractivity contribution < 1.29 is 9.59 Å². The molecular weight excluding hydrogens is 484 g/mol. The molecular formula is C30H35ClN4O2. The molecule has 0 aliphatic carbocycles. The van der Waals surface area contributed by atoms with Gasteiger partial charge in [-0.05, 0) is 60.2 Å². The lowest BCUT2D eigenvalue weighted by Gasteiger charge is -2.31. The number of aromatic nitrogens is 1. The van der Waals surface area contributed by atoms with Crippen molar-refractivity contribution >= 4 is 29.1 Å². The maximum absolute atomic E-state index is 13.5. The average Bonchev–Trinajstić information content (AvgIpc) is 2.90. The van der Waals surface area contributed by atoms with E-state index in [1.54, 1.807) is 13.1 Å². The van der Waals surface area contributed by atoms with Crippen LogP contribution in [0.25, 0.3) is 0 Å². The molecule has 1 aliphatic rings. The van der Waals surface area contributed by atoms with Crippen molar-refractivity contribution in [2.45, 2.75) is 45.7 Å². The molecule has 2 heterocycles. The lowest BCUT2D eigenvalue weighted by Crippen LogP contribution is -2.38. The molecule has 2 amide bonds. The van der Waals surface area contributed by atoms with Gasteiger partial charge in [0.25, 0.3) is 0 Å². The molecule has 6 nitrogen and oxygen atoms in total. The summed E-state index contributed by atoms with van der Waals surface area (Å²) in [5, 5.41) is 0.695. The standard InChI is InChI=1S/C30H35ClN4O2/c1-24(36)35-20-6-18-33(22-26-7-4-16-32-21-26)17-5-19-34(23-27-8-2-3-9-29(27)35)30(37)15-12-25-10-13-28(31)14-11-25/h2-4,7-11,13-14,16,21H,5-6,12,15,17-20,22-23H2,1H3. The van der Waals surface area contributed by atoms with Gasteiger partial charge in [-0.15, -0.1) is 0 Å². The summed E-state index contributed by atoms with van der Waals surface area (Å²) in [7, 11) is 0. The van der Waals surface area contributed by atoms with Crippen LogP contribution in [0, 0.1) is 0 Å². The van der Waals surface area contributed by atoms with Crippen LogP contribution in [-0.4, -0.2) is 52.8 Å². The van der Waals surface area contributed by atoms with Crippen molar-refractivity contribution in [1.29, 1.82) is 0 Å². The maximum atomic E-state index is 13.5. The summed E-state index contributed by atoms with van der Waals surface area (Å²) in [6.07, 6.45) is 6.54. The lowest BCUT2D eigenvalue weighted by molar-refractivity contribution is -0.131. The van der Waals surface area contributed by atoms with E-state index in [0.29, 0.717) is 37.5 Å². The van der Waals surface area contributed by atoms with Gasteiger partial charge >= 0.3 is 0 Å². The molecule has 37 heavy (non-hydrogen) atoms. The Balaban J connectivity index is 1.54. The number of hydrogen-bond acceptors (Lipinski definition) is 4. The number of benzene rings is 2. The number of pyridine rings is 1. The molecule has 0 fully saturated rings. The number of rotatable bonds is 5. The topological polar surface area (TPSA) is 56.8 Å². The minimum atomic E-state index is 0.0175. The highest BCUT2D eigenvalue weighted by Crippen LogP contribution is 2.24. The molecule has 0 saturated carbocycles. The molecule has 0 N–H and O–H groups in total. The summed E-state index contributed by atoms with van der Waals surface area (Å²) in [5.41, 5.74) is 4.16. The first kappa shape index (κ1) is 26.8. The summed E-state index contributed by atoms with van der Waals surface area (Å²) < 4.78 is 0. The van der Waals surface area contributed by atoms with Crippen LogP contribution in [0.2, 0.25) is 5.02 Å². The Morgan fingerprint density at radius 3 is 2.38 bits per heavy atom. The fraction of sp³-hybridized carbons (Fsp3) is 0.367. The number of para-hydroxylation sites is 1. The van der Waals surface area contributed by atoms with Gasteiger partial charge in [0.2, 0.25) is 11.8 Å². The first-order valence-electron chi connectivity index (χ1n) is 13.0. The van der Waals surface area contributed by atoms with Gasteiger partial charge in [-0.3, -0.25) is 19.5 Å². The molecule has 0 radical (unpaired) electrons. The van der Waals surface area contributed by atoms with Gasteiger partial charge in [-0.25, -0.2) is 0 Å². The van der Waals surface area contributed by atoms with Crippen LogP contribution >= 0.6 is 11.6 Å². The SMILES string of the molecule is CC(=O)N1CCCN(Cc2cccnc2)CCCN(C(=O)CCc2ccc(Cl)cc2)Cc2ccccc21. The molecule has 7 heteroatoms. The molecule has 4 rings (SSSR count). The van der Waals surface area contributed by atoms with Crippen molar-refractivity contribution in [3.63, 3.8) is 0 Å². The van der Waals surface area contributed by atoms with Crippen molar-refractivity contribution in [3.8, 4) is 0 Å². The Morgan fingerprint density at radius 2 is 1.65 bits per heavy atom. The smallest absolute Gasteiger partial charge is 0.223 e. The predicted molar refractivity (Wildman–Crippen MR) is 148 cm³/mol. The third-order valence-electron chi connectivity index (χ3n) is 6.80. The largest absolute Gasteiger partial charge is 0.338 e. The predicted octanol–water partition coefficient (Wildman–Crippen LogP) is 5.35. The monoisotopic (exact) mass is 518 g/mol. The lowest BCUT2D eigenvalue weighted by atomic mass is 10.1. The number of halogens is 1. The number of fused-ring (bicyclic) bond motifs is 1. The molecule has 0 unspecified atom stereocenters. The van der Waals surface area contributed by atoms with Crippen LogP contribution in [0.15, 0.2) is 73.1 Å². The highest BCUT2D eigenvalue weighted by Gasteiger charge is 2.21. The number of carbonyl (C=O) groups excluding carboxylic acids is 2. The molecule has 2 aromatic carbocycles. The fourth-order valence-corrected chi connectivity index (χ4v) is 5.00. The van der Waals surface area contributed by atoms with Crippen LogP contribution in [0.5, 0.6) is 0 Å². The zero-order valence-corrected chi connectivity index (χ0v) is 22.2. The van der Waals surface area contributed by atoms with Gasteiger partial charge in [0.15, 0.2) is 0 Å². The summed E-state index contributed by atoms with van der Waals surface area (Å²) in [6.45, 7) is 5.95. The van der Waals surface area contributed by atoms with Crippen LogP contribution < -0.4 is 4.90 Å². The zero-order valence-electron chi connectivity index (χ0n) is 21.5. The third-order valence-corrected chi connectivity index (χ3v) is 7.06. The highest BCUT2D eigenvalue weighted by atomic mass is 35.5. The minimum absolute atomic E-state index is 0.0175. The second kappa shape index (κ2) is 13.4. The van der Waals surface area contributed by atoms with Crippen LogP contribution in [0.3, 0.4) is 0 Å². The highest BCUT2D eigenvalue weighted by molar-refractivity contribution is 6.30. The Bertz CT molecular complexity index is 1170. The number of amides is 2. The van der Waals surface area contributed by atoms with Gasteiger partial charge in [0, 0.05) is 75.7 Å².